The van der Waals surface area contributed by atoms with E-state index in [0.29, 0.717) is 0 Å². The number of halogens is 3. The summed E-state index contributed by atoms with van der Waals surface area (Å²) in [6.07, 6.45) is -4.08. The van der Waals surface area contributed by atoms with Crippen LogP contribution in [0.4, 0.5) is 13.2 Å². The fraction of sp³-hybridized carbons (Fsp3) is 0.286. The van der Waals surface area contributed by atoms with Crippen LogP contribution in [0.25, 0.3) is 10.9 Å². The van der Waals surface area contributed by atoms with E-state index in [1.807, 2.05) is 0 Å². The molecule has 7 heteroatoms. The highest BCUT2D eigenvalue weighted by molar-refractivity contribution is 5.99. The molecular formula is C14H12F3NO3. The Bertz CT molecular complexity index is 696. The maximum absolute atomic E-state index is 13.0. The molecule has 0 spiro atoms. The Hall–Kier alpha value is -2.31. The predicted octanol–water partition coefficient (Wildman–Crippen LogP) is 3.74. The fourth-order valence-electron chi connectivity index (χ4n) is 1.94. The van der Waals surface area contributed by atoms with E-state index in [4.69, 9.17) is 9.84 Å². The van der Waals surface area contributed by atoms with Crippen molar-refractivity contribution in [3.8, 4) is 5.75 Å². The molecule has 0 unspecified atom stereocenters. The van der Waals surface area contributed by atoms with Crippen molar-refractivity contribution < 1.29 is 27.8 Å². The molecule has 0 saturated carbocycles. The van der Waals surface area contributed by atoms with Crippen molar-refractivity contribution in [3.63, 3.8) is 0 Å². The number of nitrogens with zero attached hydrogens (tertiary/aromatic N) is 1. The molecule has 21 heavy (non-hydrogen) atoms. The monoisotopic (exact) mass is 299 g/mol. The van der Waals surface area contributed by atoms with Crippen LogP contribution in [0.3, 0.4) is 0 Å². The van der Waals surface area contributed by atoms with Gasteiger partial charge in [0.15, 0.2) is 0 Å². The third kappa shape index (κ3) is 2.91. The summed E-state index contributed by atoms with van der Waals surface area (Å²) in [6, 6.07) is 3.46. The van der Waals surface area contributed by atoms with Gasteiger partial charge in [-0.2, -0.15) is 13.2 Å². The lowest BCUT2D eigenvalue weighted by Gasteiger charge is -2.16. The molecule has 1 aromatic carbocycles. The number of aromatic nitrogens is 1. The molecule has 2 aromatic rings. The van der Waals surface area contributed by atoms with Crippen molar-refractivity contribution in [2.24, 2.45) is 0 Å². The number of carboxylic acid groups (broad SMARTS) is 1. The van der Waals surface area contributed by atoms with E-state index in [2.05, 4.69) is 4.98 Å². The Morgan fingerprint density at radius 2 is 2.00 bits per heavy atom. The van der Waals surface area contributed by atoms with Crippen LogP contribution >= 0.6 is 0 Å². The highest BCUT2D eigenvalue weighted by Crippen LogP contribution is 2.38. The van der Waals surface area contributed by atoms with Crippen LogP contribution in [0, 0.1) is 0 Å². The van der Waals surface area contributed by atoms with E-state index in [1.165, 1.54) is 12.1 Å². The molecule has 0 amide bonds. The summed E-state index contributed by atoms with van der Waals surface area (Å²) in [7, 11) is 0. The highest BCUT2D eigenvalue weighted by Gasteiger charge is 2.34. The van der Waals surface area contributed by atoms with Crippen molar-refractivity contribution in [1.82, 2.24) is 4.98 Å². The maximum atomic E-state index is 13.0. The van der Waals surface area contributed by atoms with Gasteiger partial charge in [-0.3, -0.25) is 4.98 Å². The van der Waals surface area contributed by atoms with Gasteiger partial charge in [0, 0.05) is 11.6 Å². The number of aromatic carboxylic acids is 1. The number of para-hydroxylation sites is 1. The summed E-state index contributed by atoms with van der Waals surface area (Å²) >= 11 is 0. The molecule has 0 aliphatic rings. The van der Waals surface area contributed by atoms with Crippen LogP contribution in [-0.4, -0.2) is 22.2 Å². The van der Waals surface area contributed by atoms with Crippen LogP contribution in [-0.2, 0) is 6.18 Å². The van der Waals surface area contributed by atoms with Crippen LogP contribution in [0.1, 0.15) is 29.8 Å². The van der Waals surface area contributed by atoms with Crippen molar-refractivity contribution in [2.75, 3.05) is 0 Å². The van der Waals surface area contributed by atoms with Crippen molar-refractivity contribution >= 4 is 16.9 Å². The first-order valence-electron chi connectivity index (χ1n) is 6.10. The second kappa shape index (κ2) is 5.23. The molecule has 0 aliphatic carbocycles. The van der Waals surface area contributed by atoms with Crippen molar-refractivity contribution in [1.29, 1.82) is 0 Å². The lowest BCUT2D eigenvalue weighted by molar-refractivity contribution is -0.136. The largest absolute Gasteiger partial charge is 0.489 e. The molecule has 0 atom stereocenters. The standard InChI is InChI=1S/C14H12F3NO3/c1-7(2)21-12-8-4-3-5-10(14(15,16)17)11(8)18-6-9(12)13(19)20/h3-7H,1-2H3,(H,19,20). The zero-order valence-electron chi connectivity index (χ0n) is 11.2. The number of rotatable bonds is 3. The second-order valence-electron chi connectivity index (χ2n) is 4.67. The van der Waals surface area contributed by atoms with Gasteiger partial charge in [0.05, 0.1) is 17.2 Å². The van der Waals surface area contributed by atoms with Crippen LogP contribution < -0.4 is 4.74 Å². The van der Waals surface area contributed by atoms with E-state index in [0.717, 1.165) is 12.3 Å². The Labute approximate surface area is 118 Å². The number of benzene rings is 1. The summed E-state index contributed by atoms with van der Waals surface area (Å²) < 4.78 is 44.3. The quantitative estimate of drug-likeness (QED) is 0.938. The second-order valence-corrected chi connectivity index (χ2v) is 4.67. The number of fused-ring (bicyclic) bond motifs is 1. The molecule has 2 rings (SSSR count). The number of hydrogen-bond donors (Lipinski definition) is 1. The molecule has 0 aliphatic heterocycles. The van der Waals surface area contributed by atoms with Gasteiger partial charge in [-0.15, -0.1) is 0 Å². The molecule has 1 heterocycles. The molecule has 1 N–H and O–H groups in total. The zero-order valence-corrected chi connectivity index (χ0v) is 11.2. The summed E-state index contributed by atoms with van der Waals surface area (Å²) in [5.41, 5.74) is -1.52. The third-order valence-corrected chi connectivity index (χ3v) is 2.74. The number of ether oxygens (including phenoxy) is 1. The minimum absolute atomic E-state index is 0.0263. The molecule has 112 valence electrons. The van der Waals surface area contributed by atoms with E-state index in [-0.39, 0.29) is 28.3 Å². The maximum Gasteiger partial charge on any atom is 0.418 e. The first-order valence-corrected chi connectivity index (χ1v) is 6.10. The summed E-state index contributed by atoms with van der Waals surface area (Å²) in [4.78, 5) is 14.8. The fourth-order valence-corrected chi connectivity index (χ4v) is 1.94. The summed E-state index contributed by atoms with van der Waals surface area (Å²) in [5.74, 6) is -1.41. The van der Waals surface area contributed by atoms with Gasteiger partial charge in [0.25, 0.3) is 0 Å². The lowest BCUT2D eigenvalue weighted by Crippen LogP contribution is -2.12. The normalized spacial score (nSPS) is 11.9. The van der Waals surface area contributed by atoms with E-state index >= 15 is 0 Å². The Balaban J connectivity index is 2.81. The van der Waals surface area contributed by atoms with Gasteiger partial charge in [0.2, 0.25) is 0 Å². The van der Waals surface area contributed by atoms with Gasteiger partial charge in [-0.25, -0.2) is 4.79 Å². The third-order valence-electron chi connectivity index (χ3n) is 2.74. The minimum atomic E-state index is -4.58. The molecule has 0 bridgehead atoms. The predicted molar refractivity (Wildman–Crippen MR) is 69.5 cm³/mol. The van der Waals surface area contributed by atoms with E-state index < -0.39 is 17.7 Å². The van der Waals surface area contributed by atoms with Crippen LogP contribution in [0.2, 0.25) is 0 Å². The van der Waals surface area contributed by atoms with Crippen LogP contribution in [0.15, 0.2) is 24.4 Å². The number of carbonyl (C=O) groups is 1. The van der Waals surface area contributed by atoms with Crippen molar-refractivity contribution in [2.45, 2.75) is 26.1 Å². The molecule has 4 nitrogen and oxygen atoms in total. The highest BCUT2D eigenvalue weighted by atomic mass is 19.4. The molecule has 0 fully saturated rings. The van der Waals surface area contributed by atoms with Crippen LogP contribution in [0.5, 0.6) is 5.75 Å². The Kier molecular flexibility index (Phi) is 3.76. The van der Waals surface area contributed by atoms with E-state index in [9.17, 15) is 18.0 Å². The van der Waals surface area contributed by atoms with Gasteiger partial charge >= 0.3 is 12.1 Å². The molecule has 0 radical (unpaired) electrons. The van der Waals surface area contributed by atoms with Gasteiger partial charge in [-0.05, 0) is 26.0 Å². The Morgan fingerprint density at radius 1 is 1.33 bits per heavy atom. The summed E-state index contributed by atoms with van der Waals surface area (Å²) in [6.45, 7) is 3.32. The van der Waals surface area contributed by atoms with E-state index in [1.54, 1.807) is 13.8 Å². The van der Waals surface area contributed by atoms with Gasteiger partial charge < -0.3 is 9.84 Å². The number of hydrogen-bond acceptors (Lipinski definition) is 3. The molecule has 0 saturated heterocycles. The molecular weight excluding hydrogens is 287 g/mol. The molecule has 1 aromatic heterocycles. The first kappa shape index (κ1) is 15.1. The average Bonchev–Trinajstić information content (AvgIpc) is 2.36. The number of alkyl halides is 3. The smallest absolute Gasteiger partial charge is 0.418 e. The lowest BCUT2D eigenvalue weighted by atomic mass is 10.1. The number of carboxylic acids is 1. The van der Waals surface area contributed by atoms with Crippen molar-refractivity contribution in [3.05, 3.63) is 35.5 Å². The van der Waals surface area contributed by atoms with Gasteiger partial charge in [0.1, 0.15) is 11.3 Å². The minimum Gasteiger partial charge on any atom is -0.489 e. The average molecular weight is 299 g/mol. The first-order chi connectivity index (χ1) is 9.71. The van der Waals surface area contributed by atoms with Gasteiger partial charge in [-0.1, -0.05) is 6.07 Å². The zero-order chi connectivity index (χ0) is 15.8. The summed E-state index contributed by atoms with van der Waals surface area (Å²) in [5, 5.41) is 9.15. The number of pyridine rings is 1. The SMILES string of the molecule is CC(C)Oc1c(C(=O)O)cnc2c(C(F)(F)F)cccc12. The Morgan fingerprint density at radius 3 is 2.52 bits per heavy atom. The topological polar surface area (TPSA) is 59.4 Å².